The first kappa shape index (κ1) is 9.33. The summed E-state index contributed by atoms with van der Waals surface area (Å²) in [6, 6.07) is 10.3. The molecule has 0 saturated carbocycles. The van der Waals surface area contributed by atoms with Crippen molar-refractivity contribution in [1.82, 2.24) is 0 Å². The van der Waals surface area contributed by atoms with Crippen LogP contribution in [-0.2, 0) is 0 Å². The van der Waals surface area contributed by atoms with E-state index >= 15 is 0 Å². The summed E-state index contributed by atoms with van der Waals surface area (Å²) in [7, 11) is 0. The van der Waals surface area contributed by atoms with Gasteiger partial charge < -0.3 is 10.2 Å². The highest BCUT2D eigenvalue weighted by Gasteiger charge is 2.04. The Balaban J connectivity index is 2.57. The van der Waals surface area contributed by atoms with Crippen molar-refractivity contribution < 1.29 is 15.0 Å². The molecule has 0 aliphatic rings. The van der Waals surface area contributed by atoms with Gasteiger partial charge in [0.25, 0.3) is 0 Å². The van der Waals surface area contributed by atoms with Gasteiger partial charge in [0.1, 0.15) is 5.75 Å². The van der Waals surface area contributed by atoms with Crippen molar-refractivity contribution in [2.75, 3.05) is 5.32 Å². The van der Waals surface area contributed by atoms with E-state index in [4.69, 9.17) is 5.11 Å². The van der Waals surface area contributed by atoms with Crippen molar-refractivity contribution in [3.8, 4) is 5.75 Å². The molecule has 2 aromatic rings. The van der Waals surface area contributed by atoms with Gasteiger partial charge in [-0.05, 0) is 11.5 Å². The van der Waals surface area contributed by atoms with Crippen molar-refractivity contribution >= 4 is 22.6 Å². The number of amides is 1. The number of phenols is 1. The van der Waals surface area contributed by atoms with E-state index in [0.717, 1.165) is 5.39 Å². The Hall–Kier alpha value is -2.23. The van der Waals surface area contributed by atoms with Gasteiger partial charge in [-0.1, -0.05) is 24.3 Å². The summed E-state index contributed by atoms with van der Waals surface area (Å²) in [4.78, 5) is 10.4. The van der Waals surface area contributed by atoms with Crippen LogP contribution in [0.5, 0.6) is 5.75 Å². The van der Waals surface area contributed by atoms with Gasteiger partial charge in [-0.25, -0.2) is 4.79 Å². The van der Waals surface area contributed by atoms with Crippen LogP contribution < -0.4 is 5.32 Å². The first-order valence-corrected chi connectivity index (χ1v) is 4.38. The lowest BCUT2D eigenvalue weighted by atomic mass is 10.1. The molecule has 0 aliphatic carbocycles. The predicted octanol–water partition coefficient (Wildman–Crippen LogP) is 2.64. The van der Waals surface area contributed by atoms with Gasteiger partial charge in [0.05, 0.1) is 0 Å². The van der Waals surface area contributed by atoms with Gasteiger partial charge in [0.15, 0.2) is 0 Å². The molecule has 4 nitrogen and oxygen atoms in total. The third-order valence-corrected chi connectivity index (χ3v) is 2.09. The molecule has 2 rings (SSSR count). The van der Waals surface area contributed by atoms with Crippen LogP contribution in [0.25, 0.3) is 10.8 Å². The van der Waals surface area contributed by atoms with E-state index in [2.05, 4.69) is 5.32 Å². The maximum Gasteiger partial charge on any atom is 0.409 e. The van der Waals surface area contributed by atoms with E-state index in [-0.39, 0.29) is 5.75 Å². The number of carbonyl (C=O) groups is 1. The molecule has 15 heavy (non-hydrogen) atoms. The van der Waals surface area contributed by atoms with Gasteiger partial charge in [-0.15, -0.1) is 0 Å². The first-order valence-electron chi connectivity index (χ1n) is 4.38. The number of nitrogens with one attached hydrogen (secondary N) is 1. The van der Waals surface area contributed by atoms with Crippen molar-refractivity contribution in [3.05, 3.63) is 36.4 Å². The second-order valence-corrected chi connectivity index (χ2v) is 3.15. The van der Waals surface area contributed by atoms with Crippen LogP contribution in [0.15, 0.2) is 36.4 Å². The molecule has 2 aromatic carbocycles. The predicted molar refractivity (Wildman–Crippen MR) is 57.3 cm³/mol. The lowest BCUT2D eigenvalue weighted by Crippen LogP contribution is -2.06. The number of carboxylic acid groups (broad SMARTS) is 1. The van der Waals surface area contributed by atoms with Gasteiger partial charge in [0, 0.05) is 17.1 Å². The number of aromatic hydroxyl groups is 1. The molecule has 3 N–H and O–H groups in total. The van der Waals surface area contributed by atoms with Crippen LogP contribution in [-0.4, -0.2) is 16.3 Å². The largest absolute Gasteiger partial charge is 0.507 e. The standard InChI is InChI=1S/C11H9NO3/c13-10-6-8(12-11(14)15)5-7-3-1-2-4-9(7)10/h1-6,12-13H,(H,14,15). The summed E-state index contributed by atoms with van der Waals surface area (Å²) < 4.78 is 0. The molecule has 0 atom stereocenters. The van der Waals surface area contributed by atoms with Crippen molar-refractivity contribution in [1.29, 1.82) is 0 Å². The van der Waals surface area contributed by atoms with Crippen molar-refractivity contribution in [3.63, 3.8) is 0 Å². The highest BCUT2D eigenvalue weighted by molar-refractivity contribution is 5.94. The molecule has 0 bridgehead atoms. The summed E-state index contributed by atoms with van der Waals surface area (Å²) in [6.45, 7) is 0. The highest BCUT2D eigenvalue weighted by Crippen LogP contribution is 2.28. The molecule has 0 aromatic heterocycles. The molecule has 0 radical (unpaired) electrons. The molecular formula is C11H9NO3. The van der Waals surface area contributed by atoms with E-state index in [0.29, 0.717) is 11.1 Å². The fraction of sp³-hybridized carbons (Fsp3) is 0. The highest BCUT2D eigenvalue weighted by atomic mass is 16.4. The third-order valence-electron chi connectivity index (χ3n) is 2.09. The molecule has 0 unspecified atom stereocenters. The number of fused-ring (bicyclic) bond motifs is 1. The Morgan fingerprint density at radius 3 is 2.67 bits per heavy atom. The minimum absolute atomic E-state index is 0.0665. The molecule has 0 saturated heterocycles. The van der Waals surface area contributed by atoms with Crippen LogP contribution in [0.4, 0.5) is 10.5 Å². The summed E-state index contributed by atoms with van der Waals surface area (Å²) >= 11 is 0. The fourth-order valence-corrected chi connectivity index (χ4v) is 1.49. The van der Waals surface area contributed by atoms with Gasteiger partial charge in [-0.2, -0.15) is 0 Å². The van der Waals surface area contributed by atoms with E-state index in [1.165, 1.54) is 6.07 Å². The number of hydrogen-bond donors (Lipinski definition) is 3. The Morgan fingerprint density at radius 1 is 1.20 bits per heavy atom. The Labute approximate surface area is 85.8 Å². The molecule has 0 fully saturated rings. The van der Waals surface area contributed by atoms with E-state index in [1.54, 1.807) is 12.1 Å². The zero-order valence-corrected chi connectivity index (χ0v) is 7.77. The number of phenolic OH excluding ortho intramolecular Hbond substituents is 1. The van der Waals surface area contributed by atoms with Crippen LogP contribution >= 0.6 is 0 Å². The average molecular weight is 203 g/mol. The molecule has 0 spiro atoms. The normalized spacial score (nSPS) is 10.1. The molecule has 0 heterocycles. The van der Waals surface area contributed by atoms with Crippen LogP contribution in [0, 0.1) is 0 Å². The number of anilines is 1. The monoisotopic (exact) mass is 203 g/mol. The van der Waals surface area contributed by atoms with Crippen molar-refractivity contribution in [2.45, 2.75) is 0 Å². The van der Waals surface area contributed by atoms with Crippen molar-refractivity contribution in [2.24, 2.45) is 0 Å². The minimum atomic E-state index is -1.15. The van der Waals surface area contributed by atoms with Gasteiger partial charge in [0.2, 0.25) is 0 Å². The molecule has 0 aliphatic heterocycles. The fourth-order valence-electron chi connectivity index (χ4n) is 1.49. The molecular weight excluding hydrogens is 194 g/mol. The zero-order valence-electron chi connectivity index (χ0n) is 7.77. The molecule has 1 amide bonds. The smallest absolute Gasteiger partial charge is 0.409 e. The van der Waals surface area contributed by atoms with E-state index in [1.807, 2.05) is 18.2 Å². The number of rotatable bonds is 1. The second-order valence-electron chi connectivity index (χ2n) is 3.15. The maximum atomic E-state index is 10.4. The Kier molecular flexibility index (Phi) is 2.17. The summed E-state index contributed by atoms with van der Waals surface area (Å²) in [5.41, 5.74) is 0.360. The summed E-state index contributed by atoms with van der Waals surface area (Å²) in [5, 5.41) is 21.9. The number of hydrogen-bond acceptors (Lipinski definition) is 2. The Bertz CT molecular complexity index is 522. The van der Waals surface area contributed by atoms with Crippen LogP contribution in [0.1, 0.15) is 0 Å². The minimum Gasteiger partial charge on any atom is -0.507 e. The molecule has 76 valence electrons. The SMILES string of the molecule is O=C(O)Nc1cc(O)c2ccccc2c1. The lowest BCUT2D eigenvalue weighted by Gasteiger charge is -2.05. The zero-order chi connectivity index (χ0) is 10.8. The lowest BCUT2D eigenvalue weighted by molar-refractivity contribution is 0.210. The van der Waals surface area contributed by atoms with E-state index < -0.39 is 6.09 Å². The quantitative estimate of drug-likeness (QED) is 0.667. The van der Waals surface area contributed by atoms with E-state index in [9.17, 15) is 9.90 Å². The average Bonchev–Trinajstić information content (AvgIpc) is 2.16. The second kappa shape index (κ2) is 3.49. The van der Waals surface area contributed by atoms with Gasteiger partial charge >= 0.3 is 6.09 Å². The topological polar surface area (TPSA) is 69.6 Å². The van der Waals surface area contributed by atoms with Crippen LogP contribution in [0.2, 0.25) is 0 Å². The molecule has 4 heteroatoms. The summed E-state index contributed by atoms with van der Waals surface area (Å²) in [6.07, 6.45) is -1.15. The summed E-state index contributed by atoms with van der Waals surface area (Å²) in [5.74, 6) is 0.0665. The third kappa shape index (κ3) is 1.83. The van der Waals surface area contributed by atoms with Crippen LogP contribution in [0.3, 0.4) is 0 Å². The van der Waals surface area contributed by atoms with Gasteiger partial charge in [-0.3, -0.25) is 5.32 Å². The maximum absolute atomic E-state index is 10.4. The Morgan fingerprint density at radius 2 is 1.93 bits per heavy atom. The first-order chi connectivity index (χ1) is 7.16. The number of benzene rings is 2.